The van der Waals surface area contributed by atoms with Crippen molar-refractivity contribution in [3.8, 4) is 0 Å². The normalized spacial score (nSPS) is 39.6. The number of likely N-dealkylation sites (tertiary alicyclic amines) is 1. The van der Waals surface area contributed by atoms with Gasteiger partial charge < -0.3 is 4.90 Å². The van der Waals surface area contributed by atoms with Crippen LogP contribution in [0.15, 0.2) is 29.6 Å². The molecule has 1 aromatic heterocycles. The number of halogens is 3. The number of pyridine rings is 1. The second-order valence-corrected chi connectivity index (χ2v) is 11.2. The molecule has 3 fully saturated rings. The Morgan fingerprint density at radius 3 is 2.59 bits per heavy atom. The van der Waals surface area contributed by atoms with Crippen LogP contribution >= 0.6 is 0 Å². The van der Waals surface area contributed by atoms with Crippen molar-refractivity contribution in [2.45, 2.75) is 77.8 Å². The van der Waals surface area contributed by atoms with Gasteiger partial charge in [-0.25, -0.2) is 0 Å². The van der Waals surface area contributed by atoms with Crippen molar-refractivity contribution in [3.63, 3.8) is 0 Å². The monoisotopic (exact) mass is 446 g/mol. The fourth-order valence-corrected chi connectivity index (χ4v) is 8.49. The summed E-state index contributed by atoms with van der Waals surface area (Å²) in [4.78, 5) is 18.6. The summed E-state index contributed by atoms with van der Waals surface area (Å²) in [6.45, 7) is 6.73. The molecule has 6 heteroatoms. The minimum atomic E-state index is -4.37. The summed E-state index contributed by atoms with van der Waals surface area (Å²) >= 11 is 0. The molecule has 0 radical (unpaired) electrons. The number of nitrogens with zero attached hydrogens (tertiary/aromatic N) is 2. The fraction of sp³-hybridized carbons (Fsp3) is 0.692. The molecule has 1 saturated heterocycles. The van der Waals surface area contributed by atoms with Gasteiger partial charge >= 0.3 is 6.18 Å². The van der Waals surface area contributed by atoms with E-state index in [-0.39, 0.29) is 28.3 Å². The summed E-state index contributed by atoms with van der Waals surface area (Å²) in [5.74, 6) is 1.39. The average molecular weight is 447 g/mol. The number of carbonyl (C=O) groups is 1. The van der Waals surface area contributed by atoms with Crippen molar-refractivity contribution in [3.05, 3.63) is 40.9 Å². The second kappa shape index (κ2) is 7.07. The van der Waals surface area contributed by atoms with Crippen molar-refractivity contribution in [1.29, 1.82) is 0 Å². The van der Waals surface area contributed by atoms with Gasteiger partial charge in [0.2, 0.25) is 5.91 Å². The van der Waals surface area contributed by atoms with E-state index in [1.54, 1.807) is 0 Å². The first-order valence-corrected chi connectivity index (χ1v) is 12.0. The molecule has 0 spiro atoms. The number of hydrogen-bond acceptors (Lipinski definition) is 2. The van der Waals surface area contributed by atoms with Gasteiger partial charge in [-0.2, -0.15) is 13.2 Å². The van der Waals surface area contributed by atoms with Gasteiger partial charge in [0.15, 0.2) is 0 Å². The van der Waals surface area contributed by atoms with Crippen LogP contribution in [0.1, 0.15) is 82.9 Å². The minimum Gasteiger partial charge on any atom is -0.319 e. The molecule has 6 atom stereocenters. The number of allylic oxidation sites excluding steroid dienone is 2. The molecule has 0 N–H and O–H groups in total. The lowest BCUT2D eigenvalue weighted by molar-refractivity contribution is -0.140. The highest BCUT2D eigenvalue weighted by molar-refractivity contribution is 5.79. The Balaban J connectivity index is 1.53. The van der Waals surface area contributed by atoms with Gasteiger partial charge in [-0.3, -0.25) is 9.78 Å². The van der Waals surface area contributed by atoms with E-state index in [0.29, 0.717) is 24.2 Å². The summed E-state index contributed by atoms with van der Waals surface area (Å²) < 4.78 is 41.4. The molecule has 32 heavy (non-hydrogen) atoms. The first-order valence-electron chi connectivity index (χ1n) is 12.0. The molecule has 0 aromatic carbocycles. The molecule has 1 aromatic rings. The Labute approximate surface area is 188 Å². The lowest BCUT2D eigenvalue weighted by Crippen LogP contribution is -2.54. The van der Waals surface area contributed by atoms with Crippen LogP contribution in [-0.4, -0.2) is 22.8 Å². The Morgan fingerprint density at radius 2 is 1.88 bits per heavy atom. The predicted molar refractivity (Wildman–Crippen MR) is 116 cm³/mol. The standard InChI is InChI=1S/C26H33F3N2O/c1-15-14-16-17-7-8-19(22-20(26(27,28)29)6-5-13-30-22)24(17,2)11-9-18(16)25(3)12-10-21(32)31(4)23(15)25/h5-6,13,16-19H,7-12,14H2,1-4H3/t16-,17-,18+,19?,24-,25+/m0/s1. The Bertz CT molecular complexity index is 986. The van der Waals surface area contributed by atoms with Gasteiger partial charge in [0, 0.05) is 36.7 Å². The minimum absolute atomic E-state index is 0.0167. The summed E-state index contributed by atoms with van der Waals surface area (Å²) in [5.41, 5.74) is 2.02. The summed E-state index contributed by atoms with van der Waals surface area (Å²) in [5, 5.41) is 0. The van der Waals surface area contributed by atoms with Crippen LogP contribution in [0.5, 0.6) is 0 Å². The highest BCUT2D eigenvalue weighted by Gasteiger charge is 2.61. The Hall–Kier alpha value is -1.85. The van der Waals surface area contributed by atoms with Crippen molar-refractivity contribution < 1.29 is 18.0 Å². The molecule has 1 aliphatic heterocycles. The van der Waals surface area contributed by atoms with E-state index in [4.69, 9.17) is 0 Å². The van der Waals surface area contributed by atoms with Gasteiger partial charge in [0.05, 0.1) is 11.3 Å². The van der Waals surface area contributed by atoms with Gasteiger partial charge in [-0.15, -0.1) is 0 Å². The van der Waals surface area contributed by atoms with Gasteiger partial charge in [0.1, 0.15) is 0 Å². The smallest absolute Gasteiger partial charge is 0.319 e. The summed E-state index contributed by atoms with van der Waals surface area (Å²) in [7, 11) is 1.91. The molecule has 2 heterocycles. The lowest BCUT2D eigenvalue weighted by atomic mass is 9.48. The molecule has 1 unspecified atom stereocenters. The zero-order valence-electron chi connectivity index (χ0n) is 19.4. The van der Waals surface area contributed by atoms with E-state index in [1.165, 1.54) is 29.6 Å². The molecule has 3 nitrogen and oxygen atoms in total. The maximum absolute atomic E-state index is 13.8. The van der Waals surface area contributed by atoms with Crippen LogP contribution < -0.4 is 0 Å². The maximum atomic E-state index is 13.8. The van der Waals surface area contributed by atoms with E-state index in [0.717, 1.165) is 38.5 Å². The highest BCUT2D eigenvalue weighted by Crippen LogP contribution is 2.68. The summed E-state index contributed by atoms with van der Waals surface area (Å²) in [6, 6.07) is 2.59. The molecule has 174 valence electrons. The second-order valence-electron chi connectivity index (χ2n) is 11.2. The van der Waals surface area contributed by atoms with Crippen molar-refractivity contribution in [2.24, 2.45) is 28.6 Å². The SMILES string of the molecule is CC1=C2N(C)C(=O)CC[C@]2(C)[C@@H]2CC[C@]3(C)C(c4ncccc4C(F)(F)F)CC[C@H]3[C@@H]2C1. The molecule has 2 saturated carbocycles. The molecule has 3 aliphatic carbocycles. The van der Waals surface area contributed by atoms with E-state index < -0.39 is 11.7 Å². The van der Waals surface area contributed by atoms with E-state index in [1.807, 2.05) is 11.9 Å². The maximum Gasteiger partial charge on any atom is 0.418 e. The number of carbonyl (C=O) groups excluding carboxylic acids is 1. The first-order chi connectivity index (χ1) is 15.0. The van der Waals surface area contributed by atoms with Gasteiger partial charge in [-0.05, 0) is 80.8 Å². The quantitative estimate of drug-likeness (QED) is 0.489. The fourth-order valence-electron chi connectivity index (χ4n) is 8.49. The molecule has 4 aliphatic rings. The third-order valence-electron chi connectivity index (χ3n) is 9.78. The van der Waals surface area contributed by atoms with Gasteiger partial charge in [-0.1, -0.05) is 19.4 Å². The van der Waals surface area contributed by atoms with Crippen LogP contribution in [0.4, 0.5) is 13.2 Å². The number of hydrogen-bond donors (Lipinski definition) is 0. The topological polar surface area (TPSA) is 33.2 Å². The Kier molecular flexibility index (Phi) is 4.86. The summed E-state index contributed by atoms with van der Waals surface area (Å²) in [6.07, 6.45) is 3.24. The average Bonchev–Trinajstić information content (AvgIpc) is 3.08. The third-order valence-corrected chi connectivity index (χ3v) is 9.78. The van der Waals surface area contributed by atoms with Crippen molar-refractivity contribution in [1.82, 2.24) is 9.88 Å². The predicted octanol–water partition coefficient (Wildman–Crippen LogP) is 6.56. The lowest BCUT2D eigenvalue weighted by Gasteiger charge is -2.59. The van der Waals surface area contributed by atoms with Crippen LogP contribution in [-0.2, 0) is 11.0 Å². The number of piperidine rings is 1. The highest BCUT2D eigenvalue weighted by atomic mass is 19.4. The number of amides is 1. The molecular formula is C26H33F3N2O. The van der Waals surface area contributed by atoms with Crippen molar-refractivity contribution >= 4 is 5.91 Å². The zero-order chi connectivity index (χ0) is 23.1. The number of rotatable bonds is 1. The molecule has 0 bridgehead atoms. The van der Waals surface area contributed by atoms with Crippen LogP contribution in [0.25, 0.3) is 0 Å². The zero-order valence-corrected chi connectivity index (χ0v) is 19.4. The largest absolute Gasteiger partial charge is 0.418 e. The molecule has 1 amide bonds. The molecule has 5 rings (SSSR count). The third kappa shape index (κ3) is 2.93. The number of aromatic nitrogens is 1. The van der Waals surface area contributed by atoms with E-state index >= 15 is 0 Å². The Morgan fingerprint density at radius 1 is 1.12 bits per heavy atom. The van der Waals surface area contributed by atoms with Gasteiger partial charge in [0.25, 0.3) is 0 Å². The van der Waals surface area contributed by atoms with E-state index in [2.05, 4.69) is 25.8 Å². The van der Waals surface area contributed by atoms with Crippen LogP contribution in [0.2, 0.25) is 0 Å². The van der Waals surface area contributed by atoms with Crippen LogP contribution in [0.3, 0.4) is 0 Å². The van der Waals surface area contributed by atoms with Crippen LogP contribution in [0, 0.1) is 28.6 Å². The first kappa shape index (κ1) is 22.0. The number of fused-ring (bicyclic) bond motifs is 5. The van der Waals surface area contributed by atoms with Crippen molar-refractivity contribution in [2.75, 3.05) is 7.05 Å². The van der Waals surface area contributed by atoms with E-state index in [9.17, 15) is 18.0 Å². The number of alkyl halides is 3. The molecular weight excluding hydrogens is 413 g/mol.